The van der Waals surface area contributed by atoms with Gasteiger partial charge in [-0.3, -0.25) is 9.40 Å². The van der Waals surface area contributed by atoms with Gasteiger partial charge in [-0.15, -0.1) is 0 Å². The molecule has 7 nitrogen and oxygen atoms in total. The number of rotatable bonds is 7. The quantitative estimate of drug-likeness (QED) is 0.543. The highest BCUT2D eigenvalue weighted by Crippen LogP contribution is 2.31. The predicted molar refractivity (Wildman–Crippen MR) is 118 cm³/mol. The number of ether oxygens (including phenoxy) is 2. The van der Waals surface area contributed by atoms with Crippen LogP contribution in [0.15, 0.2) is 41.3 Å². The van der Waals surface area contributed by atoms with Crippen LogP contribution in [0.3, 0.4) is 0 Å². The van der Waals surface area contributed by atoms with Crippen molar-refractivity contribution < 1.29 is 17.9 Å². The maximum Gasteiger partial charge on any atom is 0.265 e. The third kappa shape index (κ3) is 4.50. The molecule has 0 atom stereocenters. The van der Waals surface area contributed by atoms with Crippen molar-refractivity contribution in [3.8, 4) is 11.5 Å². The van der Waals surface area contributed by atoms with Crippen molar-refractivity contribution in [1.29, 1.82) is 0 Å². The van der Waals surface area contributed by atoms with Crippen LogP contribution in [-0.4, -0.2) is 32.4 Å². The normalized spacial score (nSPS) is 11.4. The van der Waals surface area contributed by atoms with Gasteiger partial charge < -0.3 is 9.47 Å². The number of benzene rings is 2. The molecule has 0 saturated heterocycles. The third-order valence-corrected chi connectivity index (χ3v) is 6.72. The topological polar surface area (TPSA) is 82.5 Å². The number of aryl methyl sites for hydroxylation is 1. The van der Waals surface area contributed by atoms with Crippen molar-refractivity contribution in [3.05, 3.63) is 63.4 Å². The number of sulfonamides is 1. The van der Waals surface area contributed by atoms with E-state index in [0.717, 1.165) is 5.56 Å². The van der Waals surface area contributed by atoms with Crippen LogP contribution in [0.25, 0.3) is 0 Å². The lowest BCUT2D eigenvalue weighted by atomic mass is 10.2. The molecule has 30 heavy (non-hydrogen) atoms. The first-order valence-corrected chi connectivity index (χ1v) is 11.1. The number of halogens is 2. The molecular weight excluding hydrogens is 449 g/mol. The minimum absolute atomic E-state index is 0.00170. The average molecular weight is 470 g/mol. The Hall–Kier alpha value is -2.42. The van der Waals surface area contributed by atoms with Gasteiger partial charge in [0.15, 0.2) is 0 Å². The molecule has 10 heteroatoms. The summed E-state index contributed by atoms with van der Waals surface area (Å²) in [5.41, 5.74) is 2.51. The lowest BCUT2D eigenvalue weighted by Gasteiger charge is -2.13. The summed E-state index contributed by atoms with van der Waals surface area (Å²) in [4.78, 5) is 0.00170. The number of aromatic nitrogens is 2. The van der Waals surface area contributed by atoms with Gasteiger partial charge in [0.25, 0.3) is 10.0 Å². The van der Waals surface area contributed by atoms with Crippen molar-refractivity contribution in [2.75, 3.05) is 18.9 Å². The Kier molecular flexibility index (Phi) is 6.50. The monoisotopic (exact) mass is 469 g/mol. The number of hydrogen-bond donors (Lipinski definition) is 1. The van der Waals surface area contributed by atoms with Crippen LogP contribution >= 0.6 is 23.2 Å². The summed E-state index contributed by atoms with van der Waals surface area (Å²) in [7, 11) is -1.02. The number of hydrogen-bond acceptors (Lipinski definition) is 5. The van der Waals surface area contributed by atoms with Crippen LogP contribution in [0.5, 0.6) is 11.5 Å². The largest absolute Gasteiger partial charge is 0.497 e. The van der Waals surface area contributed by atoms with Crippen molar-refractivity contribution in [3.63, 3.8) is 0 Å². The minimum atomic E-state index is -3.92. The van der Waals surface area contributed by atoms with E-state index in [2.05, 4.69) is 9.82 Å². The molecule has 0 amide bonds. The van der Waals surface area contributed by atoms with Gasteiger partial charge in [0, 0.05) is 6.07 Å². The van der Waals surface area contributed by atoms with Crippen molar-refractivity contribution in [2.45, 2.75) is 25.3 Å². The van der Waals surface area contributed by atoms with Gasteiger partial charge in [-0.2, -0.15) is 5.10 Å². The summed E-state index contributed by atoms with van der Waals surface area (Å²) in [6, 6.07) is 9.82. The fraction of sp³-hybridized carbons (Fsp3) is 0.250. The van der Waals surface area contributed by atoms with Crippen LogP contribution in [-0.2, 0) is 16.6 Å². The summed E-state index contributed by atoms with van der Waals surface area (Å²) < 4.78 is 40.8. The van der Waals surface area contributed by atoms with E-state index in [9.17, 15) is 8.42 Å². The second-order valence-corrected chi connectivity index (χ2v) is 9.04. The number of anilines is 1. The fourth-order valence-electron chi connectivity index (χ4n) is 3.00. The molecule has 1 N–H and O–H groups in total. The lowest BCUT2D eigenvalue weighted by molar-refractivity contribution is 0.386. The second kappa shape index (κ2) is 8.75. The van der Waals surface area contributed by atoms with E-state index in [1.54, 1.807) is 36.7 Å². The van der Waals surface area contributed by atoms with Crippen LogP contribution in [0.4, 0.5) is 5.69 Å². The smallest absolute Gasteiger partial charge is 0.265 e. The Bertz CT molecular complexity index is 1190. The van der Waals surface area contributed by atoms with E-state index < -0.39 is 10.0 Å². The molecule has 2 aromatic carbocycles. The average Bonchev–Trinajstić information content (AvgIpc) is 2.97. The summed E-state index contributed by atoms with van der Waals surface area (Å²) in [5, 5.41) is 5.38. The zero-order chi connectivity index (χ0) is 22.1. The molecule has 0 radical (unpaired) electrons. The first kappa shape index (κ1) is 22.3. The highest BCUT2D eigenvalue weighted by Gasteiger charge is 2.24. The number of methoxy groups -OCH3 is 2. The Balaban J connectivity index is 1.92. The fourth-order valence-corrected chi connectivity index (χ4v) is 4.64. The van der Waals surface area contributed by atoms with E-state index in [-0.39, 0.29) is 10.6 Å². The van der Waals surface area contributed by atoms with E-state index in [4.69, 9.17) is 32.7 Å². The molecular formula is C20H21Cl2N3O4S. The molecule has 0 bridgehead atoms. The summed E-state index contributed by atoms with van der Waals surface area (Å²) in [6.45, 7) is 3.94. The van der Waals surface area contributed by atoms with Gasteiger partial charge >= 0.3 is 0 Å². The SMILES string of the molecule is COc1ccc(S(=O)(=O)Nc2c(C)nn(Cc3ccc(Cl)c(Cl)c3)c2C)c(OC)c1. The van der Waals surface area contributed by atoms with E-state index in [1.807, 2.05) is 6.07 Å². The first-order chi connectivity index (χ1) is 14.2. The molecule has 3 rings (SSSR count). The first-order valence-electron chi connectivity index (χ1n) is 8.89. The highest BCUT2D eigenvalue weighted by atomic mass is 35.5. The van der Waals surface area contributed by atoms with Gasteiger partial charge in [0.05, 0.1) is 47.9 Å². The molecule has 0 fully saturated rings. The van der Waals surface area contributed by atoms with E-state index in [0.29, 0.717) is 39.4 Å². The molecule has 0 unspecified atom stereocenters. The van der Waals surface area contributed by atoms with Crippen molar-refractivity contribution in [1.82, 2.24) is 9.78 Å². The Morgan fingerprint density at radius 3 is 2.40 bits per heavy atom. The zero-order valence-electron chi connectivity index (χ0n) is 16.9. The molecule has 160 valence electrons. The molecule has 0 aliphatic heterocycles. The van der Waals surface area contributed by atoms with Gasteiger partial charge in [-0.25, -0.2) is 8.42 Å². The van der Waals surface area contributed by atoms with Gasteiger partial charge in [0.2, 0.25) is 0 Å². The zero-order valence-corrected chi connectivity index (χ0v) is 19.2. The van der Waals surface area contributed by atoms with Crippen LogP contribution in [0.1, 0.15) is 17.0 Å². The molecule has 3 aromatic rings. The number of nitrogens with one attached hydrogen (secondary N) is 1. The van der Waals surface area contributed by atoms with Crippen molar-refractivity contribution >= 4 is 38.9 Å². The van der Waals surface area contributed by atoms with E-state index >= 15 is 0 Å². The van der Waals surface area contributed by atoms with Gasteiger partial charge in [0.1, 0.15) is 16.4 Å². The lowest BCUT2D eigenvalue weighted by Crippen LogP contribution is -2.15. The summed E-state index contributed by atoms with van der Waals surface area (Å²) in [5.74, 6) is 0.674. The predicted octanol–water partition coefficient (Wildman–Crippen LogP) is 4.67. The second-order valence-electron chi connectivity index (χ2n) is 6.57. The molecule has 1 heterocycles. The van der Waals surface area contributed by atoms with Crippen molar-refractivity contribution in [2.24, 2.45) is 0 Å². The molecule has 0 aliphatic rings. The van der Waals surface area contributed by atoms with Crippen LogP contribution < -0.4 is 14.2 Å². The Labute approximate surface area is 185 Å². The standard InChI is InChI=1S/C20H21Cl2N3O4S/c1-12-20(13(2)25(23-12)11-14-5-7-16(21)17(22)9-14)24-30(26,27)19-8-6-15(28-3)10-18(19)29-4/h5-10,24H,11H2,1-4H3. The van der Waals surface area contributed by atoms with Crippen LogP contribution in [0, 0.1) is 13.8 Å². The molecule has 0 aliphatic carbocycles. The molecule has 0 spiro atoms. The van der Waals surface area contributed by atoms with E-state index in [1.165, 1.54) is 26.4 Å². The summed E-state index contributed by atoms with van der Waals surface area (Å²) >= 11 is 12.1. The highest BCUT2D eigenvalue weighted by molar-refractivity contribution is 7.92. The maximum atomic E-state index is 13.0. The van der Waals surface area contributed by atoms with Gasteiger partial charge in [-0.05, 0) is 43.7 Å². The number of nitrogens with zero attached hydrogens (tertiary/aromatic N) is 2. The maximum absolute atomic E-state index is 13.0. The Morgan fingerprint density at radius 2 is 1.77 bits per heavy atom. The Morgan fingerprint density at radius 1 is 1.03 bits per heavy atom. The molecule has 0 saturated carbocycles. The third-order valence-electron chi connectivity index (χ3n) is 4.59. The van der Waals surface area contributed by atoms with Crippen LogP contribution in [0.2, 0.25) is 10.0 Å². The van der Waals surface area contributed by atoms with Gasteiger partial charge in [-0.1, -0.05) is 29.3 Å². The molecule has 1 aromatic heterocycles. The summed E-state index contributed by atoms with van der Waals surface area (Å²) in [6.07, 6.45) is 0. The minimum Gasteiger partial charge on any atom is -0.497 e.